The summed E-state index contributed by atoms with van der Waals surface area (Å²) in [7, 11) is -4.19. The van der Waals surface area contributed by atoms with E-state index in [0.29, 0.717) is 6.61 Å². The lowest BCUT2D eigenvalue weighted by molar-refractivity contribution is -0.283. The predicted octanol–water partition coefficient (Wildman–Crippen LogP) is 5.81. The van der Waals surface area contributed by atoms with E-state index in [9.17, 15) is 8.42 Å². The number of hydrogen-bond acceptors (Lipinski definition) is 7. The van der Waals surface area contributed by atoms with E-state index in [2.05, 4.69) is 0 Å². The predicted molar refractivity (Wildman–Crippen MR) is 154 cm³/mol. The van der Waals surface area contributed by atoms with E-state index < -0.39 is 34.7 Å². The smallest absolute Gasteiger partial charge is 0.297 e. The molecule has 0 amide bonds. The molecule has 8 heteroatoms. The first kappa shape index (κ1) is 29.1. The highest BCUT2D eigenvalue weighted by Gasteiger charge is 2.46. The van der Waals surface area contributed by atoms with Gasteiger partial charge in [-0.05, 0) is 35.7 Å². The number of rotatable bonds is 12. The molecule has 1 heterocycles. The lowest BCUT2D eigenvalue weighted by Crippen LogP contribution is -2.57. The van der Waals surface area contributed by atoms with Crippen LogP contribution >= 0.6 is 0 Å². The van der Waals surface area contributed by atoms with Crippen LogP contribution in [-0.2, 0) is 53.1 Å². The molecule has 0 N–H and O–H groups in total. The third-order valence-corrected chi connectivity index (χ3v) is 8.11. The molecule has 5 rings (SSSR count). The summed E-state index contributed by atoms with van der Waals surface area (Å²) >= 11 is 0. The fraction of sp³-hybridized carbons (Fsp3) is 0.273. The summed E-state index contributed by atoms with van der Waals surface area (Å²) in [6.45, 7) is 2.76. The largest absolute Gasteiger partial charge is 0.368 e. The summed E-state index contributed by atoms with van der Waals surface area (Å²) in [6, 6.07) is 35.5. The van der Waals surface area contributed by atoms with Crippen molar-refractivity contribution in [3.8, 4) is 0 Å². The summed E-state index contributed by atoms with van der Waals surface area (Å²) < 4.78 is 57.8. The van der Waals surface area contributed by atoms with Gasteiger partial charge in [-0.2, -0.15) is 8.42 Å². The van der Waals surface area contributed by atoms with E-state index in [0.717, 1.165) is 22.3 Å². The van der Waals surface area contributed by atoms with E-state index in [1.165, 1.54) is 12.1 Å². The zero-order valence-corrected chi connectivity index (χ0v) is 23.7. The van der Waals surface area contributed by atoms with E-state index >= 15 is 0 Å². The fourth-order valence-electron chi connectivity index (χ4n) is 4.54. The van der Waals surface area contributed by atoms with Gasteiger partial charge in [-0.1, -0.05) is 109 Å². The molecule has 1 saturated heterocycles. The molecule has 0 aromatic heterocycles. The quantitative estimate of drug-likeness (QED) is 0.198. The van der Waals surface area contributed by atoms with Crippen molar-refractivity contribution in [3.05, 3.63) is 138 Å². The maximum absolute atomic E-state index is 13.5. The van der Waals surface area contributed by atoms with Crippen LogP contribution in [-0.4, -0.2) is 39.6 Å². The lowest BCUT2D eigenvalue weighted by atomic mass is 10.0. The molecule has 0 aliphatic carbocycles. The van der Waals surface area contributed by atoms with Crippen molar-refractivity contribution in [1.82, 2.24) is 0 Å². The van der Waals surface area contributed by atoms with Crippen LogP contribution in [0.4, 0.5) is 0 Å². The fourth-order valence-corrected chi connectivity index (χ4v) is 5.61. The van der Waals surface area contributed by atoms with E-state index in [1.807, 2.05) is 97.9 Å². The summed E-state index contributed by atoms with van der Waals surface area (Å²) in [5.74, 6) is 0. The number of benzene rings is 4. The zero-order chi connectivity index (χ0) is 28.5. The monoisotopic (exact) mass is 574 g/mol. The Morgan fingerprint density at radius 2 is 1.12 bits per heavy atom. The Kier molecular flexibility index (Phi) is 9.95. The molecular formula is C33H34O7S. The number of hydrogen-bond donors (Lipinski definition) is 0. The minimum atomic E-state index is -4.19. The van der Waals surface area contributed by atoms with Crippen LogP contribution in [0.2, 0.25) is 0 Å². The van der Waals surface area contributed by atoms with Crippen LogP contribution in [0, 0.1) is 6.92 Å². The van der Waals surface area contributed by atoms with E-state index in [-0.39, 0.29) is 24.7 Å². The van der Waals surface area contributed by atoms with Crippen molar-refractivity contribution >= 4 is 10.1 Å². The minimum Gasteiger partial charge on any atom is -0.368 e. The molecule has 0 radical (unpaired) electrons. The van der Waals surface area contributed by atoms with Gasteiger partial charge in [0, 0.05) is 0 Å². The molecule has 4 unspecified atom stereocenters. The Hall–Kier alpha value is -3.37. The Labute approximate surface area is 241 Å². The molecule has 1 aliphatic rings. The zero-order valence-electron chi connectivity index (χ0n) is 22.9. The molecule has 214 valence electrons. The summed E-state index contributed by atoms with van der Waals surface area (Å²) in [6.07, 6.45) is -3.58. The molecule has 4 atom stereocenters. The molecule has 0 spiro atoms. The maximum atomic E-state index is 13.5. The first-order valence-electron chi connectivity index (χ1n) is 13.6. The molecule has 1 fully saturated rings. The van der Waals surface area contributed by atoms with Crippen molar-refractivity contribution in [1.29, 1.82) is 0 Å². The average Bonchev–Trinajstić information content (AvgIpc) is 3.00. The third kappa shape index (κ3) is 8.10. The van der Waals surface area contributed by atoms with Crippen LogP contribution in [0.25, 0.3) is 0 Å². The van der Waals surface area contributed by atoms with E-state index in [1.54, 1.807) is 12.1 Å². The van der Waals surface area contributed by atoms with Crippen LogP contribution in [0.1, 0.15) is 22.3 Å². The summed E-state index contributed by atoms with van der Waals surface area (Å²) in [5.41, 5.74) is 3.76. The van der Waals surface area contributed by atoms with Gasteiger partial charge >= 0.3 is 0 Å². The molecular weight excluding hydrogens is 540 g/mol. The van der Waals surface area contributed by atoms with E-state index in [4.69, 9.17) is 23.1 Å². The average molecular weight is 575 g/mol. The van der Waals surface area contributed by atoms with Gasteiger partial charge in [-0.3, -0.25) is 4.18 Å². The molecule has 7 nitrogen and oxygen atoms in total. The Balaban J connectivity index is 1.43. The molecule has 0 bridgehead atoms. The highest BCUT2D eigenvalue weighted by Crippen LogP contribution is 2.30. The maximum Gasteiger partial charge on any atom is 0.297 e. The van der Waals surface area contributed by atoms with Crippen molar-refractivity contribution in [2.24, 2.45) is 0 Å². The van der Waals surface area contributed by atoms with Gasteiger partial charge in [0.05, 0.1) is 31.3 Å². The van der Waals surface area contributed by atoms with Crippen molar-refractivity contribution in [3.63, 3.8) is 0 Å². The Morgan fingerprint density at radius 1 is 0.634 bits per heavy atom. The first-order valence-corrected chi connectivity index (χ1v) is 15.0. The van der Waals surface area contributed by atoms with Gasteiger partial charge in [0.25, 0.3) is 10.1 Å². The molecule has 4 aromatic carbocycles. The molecule has 1 aliphatic heterocycles. The van der Waals surface area contributed by atoms with Crippen LogP contribution in [0.15, 0.2) is 120 Å². The molecule has 0 saturated carbocycles. The second-order valence-electron chi connectivity index (χ2n) is 9.92. The van der Waals surface area contributed by atoms with Gasteiger partial charge in [0.2, 0.25) is 0 Å². The molecule has 4 aromatic rings. The van der Waals surface area contributed by atoms with Gasteiger partial charge in [0.15, 0.2) is 12.4 Å². The third-order valence-electron chi connectivity index (χ3n) is 6.78. The Morgan fingerprint density at radius 3 is 1.66 bits per heavy atom. The highest BCUT2D eigenvalue weighted by molar-refractivity contribution is 7.86. The van der Waals surface area contributed by atoms with Crippen LogP contribution in [0.5, 0.6) is 0 Å². The van der Waals surface area contributed by atoms with Crippen LogP contribution < -0.4 is 0 Å². The highest BCUT2D eigenvalue weighted by atomic mass is 32.2. The minimum absolute atomic E-state index is 0.0408. The summed E-state index contributed by atoms with van der Waals surface area (Å²) in [5, 5.41) is 0. The van der Waals surface area contributed by atoms with Crippen molar-refractivity contribution < 1.29 is 31.5 Å². The van der Waals surface area contributed by atoms with Gasteiger partial charge < -0.3 is 18.9 Å². The van der Waals surface area contributed by atoms with Crippen LogP contribution in [0.3, 0.4) is 0 Å². The van der Waals surface area contributed by atoms with Crippen molar-refractivity contribution in [2.45, 2.75) is 56.2 Å². The second-order valence-corrected chi connectivity index (χ2v) is 11.5. The van der Waals surface area contributed by atoms with Gasteiger partial charge in [0.1, 0.15) is 12.2 Å². The topological polar surface area (TPSA) is 80.3 Å². The molecule has 41 heavy (non-hydrogen) atoms. The van der Waals surface area contributed by atoms with Gasteiger partial charge in [-0.15, -0.1) is 0 Å². The summed E-state index contributed by atoms with van der Waals surface area (Å²) in [4.78, 5) is 0.0408. The SMILES string of the molecule is Cc1ccc(S(=O)(=O)OC2C(OCc3ccccc3)OCC(OCc3ccccc3)C2OCc2ccccc2)cc1. The standard InChI is InChI=1S/C33H34O7S/c1-25-17-19-29(20-18-25)41(34,35)40-32-31(37-22-27-13-7-3-8-14-27)30(36-21-26-11-5-2-6-12-26)24-39-33(32)38-23-28-15-9-4-10-16-28/h2-20,30-33H,21-24H2,1H3. The first-order chi connectivity index (χ1) is 20.0. The Bertz CT molecular complexity index is 1450. The normalized spacial score (nSPS) is 21.0. The number of aryl methyl sites for hydroxylation is 1. The van der Waals surface area contributed by atoms with Crippen molar-refractivity contribution in [2.75, 3.05) is 6.61 Å². The lowest BCUT2D eigenvalue weighted by Gasteiger charge is -2.41. The number of ether oxygens (including phenoxy) is 4. The second kappa shape index (κ2) is 14.0. The van der Waals surface area contributed by atoms with Gasteiger partial charge in [-0.25, -0.2) is 0 Å².